The molecule has 1 aromatic rings. The summed E-state index contributed by atoms with van der Waals surface area (Å²) in [5.41, 5.74) is 7.27. The van der Waals surface area contributed by atoms with E-state index in [1.807, 2.05) is 0 Å². The lowest BCUT2D eigenvalue weighted by atomic mass is 9.89. The number of nitrogens with two attached hydrogens (primary N) is 1. The van der Waals surface area contributed by atoms with E-state index in [0.717, 1.165) is 38.3 Å². The second kappa shape index (κ2) is 9.43. The lowest BCUT2D eigenvalue weighted by Crippen LogP contribution is -2.43. The van der Waals surface area contributed by atoms with Gasteiger partial charge in [0.25, 0.3) is 0 Å². The summed E-state index contributed by atoms with van der Waals surface area (Å²) in [5.74, 6) is 1.80. The zero-order valence-electron chi connectivity index (χ0n) is 14.5. The molecule has 1 aliphatic heterocycles. The highest BCUT2D eigenvalue weighted by atomic mass is 35.5. The Balaban J connectivity index is 0.00000208. The highest BCUT2D eigenvalue weighted by molar-refractivity contribution is 5.85. The number of aryl methyl sites for hydroxylation is 1. The molecule has 2 N–H and O–H groups in total. The van der Waals surface area contributed by atoms with Crippen LogP contribution in [0.5, 0.6) is 0 Å². The molecule has 134 valence electrons. The smallest absolute Gasteiger partial charge is 0.226 e. The van der Waals surface area contributed by atoms with E-state index in [2.05, 4.69) is 35.2 Å². The predicted octanol–water partition coefficient (Wildman–Crippen LogP) is 3.65. The van der Waals surface area contributed by atoms with Crippen LogP contribution in [0.3, 0.4) is 0 Å². The Labute approximate surface area is 152 Å². The Kier molecular flexibility index (Phi) is 7.57. The van der Waals surface area contributed by atoms with Crippen LogP contribution in [-0.4, -0.2) is 30.4 Å². The molecule has 0 radical (unpaired) electrons. The van der Waals surface area contributed by atoms with Crippen LogP contribution < -0.4 is 5.73 Å². The topological polar surface area (TPSA) is 46.3 Å². The molecule has 1 saturated heterocycles. The Bertz CT molecular complexity index is 500. The summed E-state index contributed by atoms with van der Waals surface area (Å²) in [4.78, 5) is 14.8. The monoisotopic (exact) mass is 350 g/mol. The Hall–Kier alpha value is -1.06. The van der Waals surface area contributed by atoms with E-state index in [0.29, 0.717) is 18.4 Å². The number of hydrogen-bond donors (Lipinski definition) is 1. The van der Waals surface area contributed by atoms with E-state index in [1.165, 1.54) is 31.2 Å². The fourth-order valence-electron chi connectivity index (χ4n) is 4.34. The maximum atomic E-state index is 12.7. The fourth-order valence-corrected chi connectivity index (χ4v) is 4.34. The molecule has 24 heavy (non-hydrogen) atoms. The Morgan fingerprint density at radius 3 is 2.46 bits per heavy atom. The van der Waals surface area contributed by atoms with Crippen molar-refractivity contribution in [1.29, 1.82) is 0 Å². The first kappa shape index (κ1) is 19.3. The van der Waals surface area contributed by atoms with Crippen molar-refractivity contribution < 1.29 is 4.79 Å². The van der Waals surface area contributed by atoms with Gasteiger partial charge in [0.15, 0.2) is 0 Å². The highest BCUT2D eigenvalue weighted by Crippen LogP contribution is 2.33. The number of carbonyl (C=O) groups is 1. The van der Waals surface area contributed by atoms with Gasteiger partial charge in [-0.25, -0.2) is 0 Å². The number of carbonyl (C=O) groups excluding carboxylic acids is 1. The lowest BCUT2D eigenvalue weighted by molar-refractivity contribution is -0.138. The van der Waals surface area contributed by atoms with Gasteiger partial charge in [-0.15, -0.1) is 12.4 Å². The van der Waals surface area contributed by atoms with E-state index < -0.39 is 0 Å². The standard InChI is InChI=1S/C20H30N2O.ClH/c21-15-18-7-4-8-19(18)20(23)22-13-11-17(12-14-22)10-9-16-5-2-1-3-6-16;/h1-3,5-6,17-19H,4,7-15,21H2;1H/t18-,19-;/m1./s1. The van der Waals surface area contributed by atoms with Crippen LogP contribution in [0.15, 0.2) is 30.3 Å². The normalized spacial score (nSPS) is 24.6. The molecule has 1 aliphatic carbocycles. The van der Waals surface area contributed by atoms with Crippen LogP contribution >= 0.6 is 12.4 Å². The summed E-state index contributed by atoms with van der Waals surface area (Å²) in [5, 5.41) is 0. The van der Waals surface area contributed by atoms with Crippen LogP contribution in [0.25, 0.3) is 0 Å². The van der Waals surface area contributed by atoms with Gasteiger partial charge in [-0.1, -0.05) is 36.8 Å². The molecule has 2 fully saturated rings. The molecule has 0 bridgehead atoms. The van der Waals surface area contributed by atoms with Crippen molar-refractivity contribution in [3.8, 4) is 0 Å². The molecular weight excluding hydrogens is 320 g/mol. The third kappa shape index (κ3) is 4.73. The van der Waals surface area contributed by atoms with E-state index in [1.54, 1.807) is 0 Å². The summed E-state index contributed by atoms with van der Waals surface area (Å²) in [6, 6.07) is 10.7. The quantitative estimate of drug-likeness (QED) is 0.880. The summed E-state index contributed by atoms with van der Waals surface area (Å²) in [6.45, 7) is 2.57. The van der Waals surface area contributed by atoms with E-state index >= 15 is 0 Å². The number of nitrogens with zero attached hydrogens (tertiary/aromatic N) is 1. The van der Waals surface area contributed by atoms with Gasteiger partial charge in [0.2, 0.25) is 5.91 Å². The van der Waals surface area contributed by atoms with Gasteiger partial charge in [0.1, 0.15) is 0 Å². The van der Waals surface area contributed by atoms with Crippen LogP contribution in [0.2, 0.25) is 0 Å². The lowest BCUT2D eigenvalue weighted by Gasteiger charge is -2.34. The minimum atomic E-state index is 0. The van der Waals surface area contributed by atoms with Crippen molar-refractivity contribution in [3.05, 3.63) is 35.9 Å². The third-order valence-electron chi connectivity index (χ3n) is 5.89. The summed E-state index contributed by atoms with van der Waals surface area (Å²) >= 11 is 0. The van der Waals surface area contributed by atoms with Gasteiger partial charge in [-0.3, -0.25) is 4.79 Å². The van der Waals surface area contributed by atoms with Crippen molar-refractivity contribution in [1.82, 2.24) is 4.90 Å². The van der Waals surface area contributed by atoms with Gasteiger partial charge in [-0.2, -0.15) is 0 Å². The second-order valence-corrected chi connectivity index (χ2v) is 7.33. The average molecular weight is 351 g/mol. The molecule has 0 spiro atoms. The first-order chi connectivity index (χ1) is 11.3. The van der Waals surface area contributed by atoms with E-state index in [9.17, 15) is 4.79 Å². The van der Waals surface area contributed by atoms with Crippen molar-refractivity contribution in [2.75, 3.05) is 19.6 Å². The highest BCUT2D eigenvalue weighted by Gasteiger charge is 2.35. The Morgan fingerprint density at radius 2 is 1.79 bits per heavy atom. The molecule has 0 aromatic heterocycles. The van der Waals surface area contributed by atoms with Gasteiger partial charge in [0.05, 0.1) is 0 Å². The van der Waals surface area contributed by atoms with Crippen molar-refractivity contribution in [3.63, 3.8) is 0 Å². The summed E-state index contributed by atoms with van der Waals surface area (Å²) in [6.07, 6.45) is 8.11. The first-order valence-electron chi connectivity index (χ1n) is 9.30. The largest absolute Gasteiger partial charge is 0.342 e. The van der Waals surface area contributed by atoms with Crippen molar-refractivity contribution in [2.24, 2.45) is 23.5 Å². The molecule has 0 unspecified atom stereocenters. The van der Waals surface area contributed by atoms with Gasteiger partial charge in [0, 0.05) is 19.0 Å². The zero-order chi connectivity index (χ0) is 16.1. The molecule has 1 aromatic carbocycles. The predicted molar refractivity (Wildman–Crippen MR) is 101 cm³/mol. The number of hydrogen-bond acceptors (Lipinski definition) is 2. The minimum Gasteiger partial charge on any atom is -0.342 e. The number of piperidine rings is 1. The number of benzene rings is 1. The van der Waals surface area contributed by atoms with Crippen molar-refractivity contribution in [2.45, 2.75) is 44.9 Å². The number of rotatable bonds is 5. The third-order valence-corrected chi connectivity index (χ3v) is 5.89. The number of amides is 1. The number of halogens is 1. The van der Waals surface area contributed by atoms with Gasteiger partial charge in [-0.05, 0) is 62.5 Å². The van der Waals surface area contributed by atoms with E-state index in [-0.39, 0.29) is 18.3 Å². The number of likely N-dealkylation sites (tertiary alicyclic amines) is 1. The zero-order valence-corrected chi connectivity index (χ0v) is 15.3. The molecule has 1 heterocycles. The van der Waals surface area contributed by atoms with Crippen LogP contribution in [0.1, 0.15) is 44.1 Å². The van der Waals surface area contributed by atoms with Crippen LogP contribution in [-0.2, 0) is 11.2 Å². The molecule has 2 aliphatic rings. The molecular formula is C20H31ClN2O. The van der Waals surface area contributed by atoms with Crippen LogP contribution in [0, 0.1) is 17.8 Å². The van der Waals surface area contributed by atoms with Crippen LogP contribution in [0.4, 0.5) is 0 Å². The minimum absolute atomic E-state index is 0. The molecule has 4 heteroatoms. The maximum Gasteiger partial charge on any atom is 0.226 e. The molecule has 1 amide bonds. The van der Waals surface area contributed by atoms with Gasteiger partial charge >= 0.3 is 0 Å². The maximum absolute atomic E-state index is 12.7. The molecule has 3 rings (SSSR count). The Morgan fingerprint density at radius 1 is 1.08 bits per heavy atom. The molecule has 2 atom stereocenters. The van der Waals surface area contributed by atoms with Gasteiger partial charge < -0.3 is 10.6 Å². The molecule has 1 saturated carbocycles. The summed E-state index contributed by atoms with van der Waals surface area (Å²) < 4.78 is 0. The van der Waals surface area contributed by atoms with E-state index in [4.69, 9.17) is 5.73 Å². The fraction of sp³-hybridized carbons (Fsp3) is 0.650. The average Bonchev–Trinajstić information content (AvgIpc) is 3.09. The SMILES string of the molecule is Cl.NC[C@H]1CCC[C@H]1C(=O)N1CCC(CCc2ccccc2)CC1. The second-order valence-electron chi connectivity index (χ2n) is 7.33. The summed E-state index contributed by atoms with van der Waals surface area (Å²) in [7, 11) is 0. The first-order valence-corrected chi connectivity index (χ1v) is 9.30. The molecule has 3 nitrogen and oxygen atoms in total. The van der Waals surface area contributed by atoms with Crippen molar-refractivity contribution >= 4 is 18.3 Å².